The molecular weight excluding hydrogens is 240 g/mol. The first-order valence-electron chi connectivity index (χ1n) is 6.32. The minimum atomic E-state index is -3.11. The average Bonchev–Trinajstić information content (AvgIpc) is 2.81. The molecule has 1 aliphatic rings. The van der Waals surface area contributed by atoms with Gasteiger partial charge in [0.15, 0.2) is 0 Å². The molecule has 0 spiro atoms. The molecule has 0 bridgehead atoms. The molecule has 102 valence electrons. The molecule has 5 nitrogen and oxygen atoms in total. The lowest BCUT2D eigenvalue weighted by atomic mass is 10.3. The molecule has 0 radical (unpaired) electrons. The Morgan fingerprint density at radius 2 is 2.18 bits per heavy atom. The first-order chi connectivity index (χ1) is 8.08. The van der Waals surface area contributed by atoms with Crippen LogP contribution < -0.4 is 5.32 Å². The van der Waals surface area contributed by atoms with Gasteiger partial charge >= 0.3 is 0 Å². The molecule has 0 amide bonds. The number of hydrogen-bond acceptors (Lipinski definition) is 4. The summed E-state index contributed by atoms with van der Waals surface area (Å²) in [4.78, 5) is 0. The van der Waals surface area contributed by atoms with E-state index in [0.29, 0.717) is 19.6 Å². The third kappa shape index (κ3) is 4.91. The number of nitrogens with zero attached hydrogens (tertiary/aromatic N) is 1. The highest BCUT2D eigenvalue weighted by molar-refractivity contribution is 7.89. The Bertz CT molecular complexity index is 300. The van der Waals surface area contributed by atoms with E-state index in [1.165, 1.54) is 4.31 Å². The summed E-state index contributed by atoms with van der Waals surface area (Å²) in [5.74, 6) is 0.241. The quantitative estimate of drug-likeness (QED) is 0.646. The summed E-state index contributed by atoms with van der Waals surface area (Å²) in [7, 11) is -1.44. The maximum Gasteiger partial charge on any atom is 0.214 e. The van der Waals surface area contributed by atoms with E-state index in [9.17, 15) is 8.42 Å². The van der Waals surface area contributed by atoms with Crippen LogP contribution in [0.1, 0.15) is 26.2 Å². The zero-order valence-corrected chi connectivity index (χ0v) is 11.6. The summed E-state index contributed by atoms with van der Waals surface area (Å²) in [6, 6.07) is 0.0359. The van der Waals surface area contributed by atoms with E-state index in [-0.39, 0.29) is 11.8 Å². The van der Waals surface area contributed by atoms with Gasteiger partial charge in [0.05, 0.1) is 18.4 Å². The van der Waals surface area contributed by atoms with Crippen LogP contribution in [-0.4, -0.2) is 57.9 Å². The number of rotatable bonds is 8. The Morgan fingerprint density at radius 1 is 1.41 bits per heavy atom. The smallest absolute Gasteiger partial charge is 0.214 e. The minimum Gasteiger partial charge on any atom is -0.380 e. The van der Waals surface area contributed by atoms with E-state index < -0.39 is 10.0 Å². The van der Waals surface area contributed by atoms with Gasteiger partial charge in [0.1, 0.15) is 0 Å². The van der Waals surface area contributed by atoms with Gasteiger partial charge < -0.3 is 10.1 Å². The molecule has 0 saturated carbocycles. The highest BCUT2D eigenvalue weighted by Crippen LogP contribution is 2.15. The number of ether oxygens (including phenoxy) is 1. The van der Waals surface area contributed by atoms with Crippen molar-refractivity contribution in [2.75, 3.05) is 39.1 Å². The normalized spacial score (nSPS) is 21.2. The number of unbranched alkanes of at least 4 members (excludes halogenated alkanes) is 1. The van der Waals surface area contributed by atoms with Crippen molar-refractivity contribution < 1.29 is 13.2 Å². The molecule has 17 heavy (non-hydrogen) atoms. The number of sulfonamides is 1. The third-order valence-electron chi connectivity index (χ3n) is 3.11. The maximum absolute atomic E-state index is 12.0. The lowest BCUT2D eigenvalue weighted by molar-refractivity contribution is 0.181. The predicted molar refractivity (Wildman–Crippen MR) is 68.6 cm³/mol. The Morgan fingerprint density at radius 3 is 2.76 bits per heavy atom. The Hall–Kier alpha value is -0.170. The van der Waals surface area contributed by atoms with Crippen LogP contribution in [0.15, 0.2) is 0 Å². The standard InChI is InChI=1S/C11H24N2O3S/c1-3-12-7-4-5-9-17(14,15)13(2)11-6-8-16-10-11/h11-12H,3-10H2,1-2H3. The van der Waals surface area contributed by atoms with Crippen molar-refractivity contribution in [2.45, 2.75) is 32.2 Å². The lowest BCUT2D eigenvalue weighted by Crippen LogP contribution is -2.38. The van der Waals surface area contributed by atoms with E-state index >= 15 is 0 Å². The highest BCUT2D eigenvalue weighted by atomic mass is 32.2. The fourth-order valence-electron chi connectivity index (χ4n) is 1.89. The summed E-state index contributed by atoms with van der Waals surface area (Å²) >= 11 is 0. The Kier molecular flexibility index (Phi) is 6.40. The van der Waals surface area contributed by atoms with Crippen LogP contribution in [0.3, 0.4) is 0 Å². The third-order valence-corrected chi connectivity index (χ3v) is 5.09. The first kappa shape index (κ1) is 14.9. The van der Waals surface area contributed by atoms with E-state index in [0.717, 1.165) is 25.9 Å². The fraction of sp³-hybridized carbons (Fsp3) is 1.00. The van der Waals surface area contributed by atoms with Gasteiger partial charge in [-0.3, -0.25) is 0 Å². The van der Waals surface area contributed by atoms with Crippen molar-refractivity contribution in [1.82, 2.24) is 9.62 Å². The average molecular weight is 264 g/mol. The lowest BCUT2D eigenvalue weighted by Gasteiger charge is -2.22. The van der Waals surface area contributed by atoms with Crippen LogP contribution in [0.2, 0.25) is 0 Å². The van der Waals surface area contributed by atoms with Crippen LogP contribution in [0.5, 0.6) is 0 Å². The molecule has 1 heterocycles. The Labute approximate surface area is 105 Å². The van der Waals surface area contributed by atoms with E-state index in [4.69, 9.17) is 4.74 Å². The number of likely N-dealkylation sites (N-methyl/N-ethyl adjacent to an activating group) is 1. The fourth-order valence-corrected chi connectivity index (χ4v) is 3.37. The van der Waals surface area contributed by atoms with Crippen molar-refractivity contribution in [3.63, 3.8) is 0 Å². The van der Waals surface area contributed by atoms with Gasteiger partial charge in [-0.15, -0.1) is 0 Å². The summed E-state index contributed by atoms with van der Waals surface area (Å²) in [6.45, 7) is 5.08. The molecule has 1 rings (SSSR count). The van der Waals surface area contributed by atoms with Crippen molar-refractivity contribution >= 4 is 10.0 Å². The molecule has 1 atom stereocenters. The molecule has 1 unspecified atom stereocenters. The zero-order valence-electron chi connectivity index (χ0n) is 10.8. The second-order valence-corrected chi connectivity index (χ2v) is 6.56. The van der Waals surface area contributed by atoms with Crippen LogP contribution in [0.4, 0.5) is 0 Å². The van der Waals surface area contributed by atoms with E-state index in [1.807, 2.05) is 6.92 Å². The van der Waals surface area contributed by atoms with Crippen LogP contribution in [0, 0.1) is 0 Å². The van der Waals surface area contributed by atoms with E-state index in [2.05, 4.69) is 5.32 Å². The van der Waals surface area contributed by atoms with Gasteiger partial charge in [-0.2, -0.15) is 4.31 Å². The van der Waals surface area contributed by atoms with Crippen LogP contribution in [-0.2, 0) is 14.8 Å². The Balaban J connectivity index is 2.29. The minimum absolute atomic E-state index is 0.0359. The molecular formula is C11H24N2O3S. The topological polar surface area (TPSA) is 58.6 Å². The SMILES string of the molecule is CCNCCCCS(=O)(=O)N(C)C1CCOC1. The largest absolute Gasteiger partial charge is 0.380 e. The number of nitrogens with one attached hydrogen (secondary N) is 1. The second-order valence-electron chi connectivity index (χ2n) is 4.41. The first-order valence-corrected chi connectivity index (χ1v) is 7.93. The van der Waals surface area contributed by atoms with Crippen molar-refractivity contribution in [2.24, 2.45) is 0 Å². The number of hydrogen-bond donors (Lipinski definition) is 1. The zero-order chi connectivity index (χ0) is 12.7. The second kappa shape index (κ2) is 7.31. The summed E-state index contributed by atoms with van der Waals surface area (Å²) in [6.07, 6.45) is 2.43. The highest BCUT2D eigenvalue weighted by Gasteiger charge is 2.28. The van der Waals surface area contributed by atoms with Crippen molar-refractivity contribution in [1.29, 1.82) is 0 Å². The molecule has 0 aromatic rings. The van der Waals surface area contributed by atoms with Crippen LogP contribution >= 0.6 is 0 Å². The maximum atomic E-state index is 12.0. The molecule has 6 heteroatoms. The monoisotopic (exact) mass is 264 g/mol. The van der Waals surface area contributed by atoms with Gasteiger partial charge in [0.2, 0.25) is 10.0 Å². The van der Waals surface area contributed by atoms with Gasteiger partial charge in [-0.05, 0) is 32.4 Å². The molecule has 0 aromatic carbocycles. The van der Waals surface area contributed by atoms with E-state index in [1.54, 1.807) is 7.05 Å². The molecule has 1 N–H and O–H groups in total. The summed E-state index contributed by atoms with van der Waals surface area (Å²) in [5, 5.41) is 3.19. The van der Waals surface area contributed by atoms with Gasteiger partial charge in [0.25, 0.3) is 0 Å². The van der Waals surface area contributed by atoms with Crippen molar-refractivity contribution in [3.05, 3.63) is 0 Å². The molecule has 1 saturated heterocycles. The van der Waals surface area contributed by atoms with Crippen molar-refractivity contribution in [3.8, 4) is 0 Å². The summed E-state index contributed by atoms with van der Waals surface area (Å²) < 4.78 is 30.7. The predicted octanol–water partition coefficient (Wildman–Crippen LogP) is 0.427. The molecule has 1 aliphatic heterocycles. The van der Waals surface area contributed by atoms with Gasteiger partial charge in [-0.25, -0.2) is 8.42 Å². The van der Waals surface area contributed by atoms with Crippen LogP contribution in [0.25, 0.3) is 0 Å². The molecule has 0 aliphatic carbocycles. The van der Waals surface area contributed by atoms with Gasteiger partial charge in [-0.1, -0.05) is 6.92 Å². The molecule has 1 fully saturated rings. The molecule has 0 aromatic heterocycles. The van der Waals surface area contributed by atoms with Gasteiger partial charge in [0, 0.05) is 13.7 Å². The summed E-state index contributed by atoms with van der Waals surface area (Å²) in [5.41, 5.74) is 0.